The Labute approximate surface area is 115 Å². The van der Waals surface area contributed by atoms with Crippen molar-refractivity contribution in [2.45, 2.75) is 38.8 Å². The van der Waals surface area contributed by atoms with Crippen LogP contribution in [0.3, 0.4) is 0 Å². The number of nitrogens with zero attached hydrogens (tertiary/aromatic N) is 1. The zero-order valence-corrected chi connectivity index (χ0v) is 12.0. The Bertz CT molecular complexity index is 477. The van der Waals surface area contributed by atoms with Crippen LogP contribution in [0.4, 0.5) is 5.69 Å². The van der Waals surface area contributed by atoms with Gasteiger partial charge in [0.25, 0.3) is 0 Å². The molecular weight excluding hydrogens is 238 g/mol. The van der Waals surface area contributed by atoms with Gasteiger partial charge in [0.2, 0.25) is 5.91 Å². The first-order valence-corrected chi connectivity index (χ1v) is 6.78. The van der Waals surface area contributed by atoms with Crippen molar-refractivity contribution in [3.8, 4) is 0 Å². The molecule has 1 aromatic carbocycles. The first kappa shape index (κ1) is 13.9. The van der Waals surface area contributed by atoms with E-state index in [1.165, 1.54) is 17.7 Å². The Morgan fingerprint density at radius 1 is 1.47 bits per heavy atom. The number of nitrogens with one attached hydrogen (secondary N) is 1. The van der Waals surface area contributed by atoms with E-state index in [1.54, 1.807) is 13.8 Å². The molecule has 1 heterocycles. The number of benzene rings is 1. The summed E-state index contributed by atoms with van der Waals surface area (Å²) in [7, 11) is 2.12. The highest BCUT2D eigenvalue weighted by Crippen LogP contribution is 2.26. The highest BCUT2D eigenvalue weighted by atomic mass is 16.2. The van der Waals surface area contributed by atoms with Crippen LogP contribution in [0.15, 0.2) is 18.2 Å². The zero-order valence-electron chi connectivity index (χ0n) is 12.0. The van der Waals surface area contributed by atoms with Crippen LogP contribution in [-0.2, 0) is 17.8 Å². The van der Waals surface area contributed by atoms with Crippen molar-refractivity contribution in [2.75, 3.05) is 18.5 Å². The van der Waals surface area contributed by atoms with Gasteiger partial charge in [-0.1, -0.05) is 12.1 Å². The molecule has 4 heteroatoms. The van der Waals surface area contributed by atoms with Gasteiger partial charge in [-0.25, -0.2) is 0 Å². The second-order valence-electron chi connectivity index (χ2n) is 5.89. The normalized spacial score (nSPS) is 15.1. The van der Waals surface area contributed by atoms with Crippen LogP contribution >= 0.6 is 0 Å². The predicted octanol–water partition coefficient (Wildman–Crippen LogP) is 1.42. The third-order valence-corrected chi connectivity index (χ3v) is 3.53. The van der Waals surface area contributed by atoms with Crippen molar-refractivity contribution < 1.29 is 4.79 Å². The molecule has 1 aromatic rings. The molecule has 0 bridgehead atoms. The molecule has 2 rings (SSSR count). The van der Waals surface area contributed by atoms with E-state index in [1.807, 2.05) is 0 Å². The average molecular weight is 261 g/mol. The van der Waals surface area contributed by atoms with Gasteiger partial charge in [0.15, 0.2) is 0 Å². The lowest BCUT2D eigenvalue weighted by Gasteiger charge is -2.28. The quantitative estimate of drug-likeness (QED) is 0.865. The zero-order chi connectivity index (χ0) is 14.0. The standard InChI is InChI=1S/C15H23N3O/c1-15(2,16)14(19)17-10-11-6-7-13-12(9-11)5-4-8-18(13)3/h6-7,9H,4-5,8,10,16H2,1-3H3,(H,17,19). The molecule has 0 aliphatic carbocycles. The molecule has 0 fully saturated rings. The molecule has 4 nitrogen and oxygen atoms in total. The van der Waals surface area contributed by atoms with E-state index in [0.29, 0.717) is 6.54 Å². The number of carbonyl (C=O) groups is 1. The van der Waals surface area contributed by atoms with Gasteiger partial charge in [0, 0.05) is 25.8 Å². The smallest absolute Gasteiger partial charge is 0.239 e. The molecule has 1 aliphatic rings. The van der Waals surface area contributed by atoms with E-state index < -0.39 is 5.54 Å². The summed E-state index contributed by atoms with van der Waals surface area (Å²) >= 11 is 0. The highest BCUT2D eigenvalue weighted by molar-refractivity contribution is 5.85. The van der Waals surface area contributed by atoms with Gasteiger partial charge in [-0.3, -0.25) is 4.79 Å². The molecule has 0 spiro atoms. The van der Waals surface area contributed by atoms with E-state index >= 15 is 0 Å². The van der Waals surface area contributed by atoms with Gasteiger partial charge in [-0.15, -0.1) is 0 Å². The number of anilines is 1. The van der Waals surface area contributed by atoms with Gasteiger partial charge in [0.05, 0.1) is 5.54 Å². The fourth-order valence-electron chi connectivity index (χ4n) is 2.36. The molecule has 1 amide bonds. The number of rotatable bonds is 3. The van der Waals surface area contributed by atoms with Crippen molar-refractivity contribution in [1.82, 2.24) is 5.32 Å². The largest absolute Gasteiger partial charge is 0.374 e. The van der Waals surface area contributed by atoms with Gasteiger partial charge in [-0.2, -0.15) is 0 Å². The number of carbonyl (C=O) groups excluding carboxylic acids is 1. The summed E-state index contributed by atoms with van der Waals surface area (Å²) in [6, 6.07) is 6.41. The maximum Gasteiger partial charge on any atom is 0.239 e. The maximum atomic E-state index is 11.7. The SMILES string of the molecule is CN1CCCc2cc(CNC(=O)C(C)(C)N)ccc21. The first-order valence-electron chi connectivity index (χ1n) is 6.78. The Hall–Kier alpha value is -1.55. The number of hydrogen-bond donors (Lipinski definition) is 2. The van der Waals surface area contributed by atoms with Crippen LogP contribution in [0.5, 0.6) is 0 Å². The van der Waals surface area contributed by atoms with Crippen LogP contribution in [0.1, 0.15) is 31.4 Å². The van der Waals surface area contributed by atoms with Crippen LogP contribution in [0.2, 0.25) is 0 Å². The van der Waals surface area contributed by atoms with E-state index in [-0.39, 0.29) is 5.91 Å². The molecule has 0 unspecified atom stereocenters. The summed E-state index contributed by atoms with van der Waals surface area (Å²) < 4.78 is 0. The lowest BCUT2D eigenvalue weighted by Crippen LogP contribution is -2.48. The Balaban J connectivity index is 2.05. The summed E-state index contributed by atoms with van der Waals surface area (Å²) in [6.07, 6.45) is 2.30. The van der Waals surface area contributed by atoms with E-state index in [4.69, 9.17) is 5.73 Å². The minimum atomic E-state index is -0.825. The van der Waals surface area contributed by atoms with Crippen molar-refractivity contribution in [2.24, 2.45) is 5.73 Å². The maximum absolute atomic E-state index is 11.7. The number of aryl methyl sites for hydroxylation is 1. The third kappa shape index (κ3) is 3.26. The molecule has 0 atom stereocenters. The van der Waals surface area contributed by atoms with Crippen molar-refractivity contribution >= 4 is 11.6 Å². The molecule has 1 aliphatic heterocycles. The summed E-state index contributed by atoms with van der Waals surface area (Å²) in [5.41, 5.74) is 8.73. The van der Waals surface area contributed by atoms with Crippen LogP contribution in [0.25, 0.3) is 0 Å². The highest BCUT2D eigenvalue weighted by Gasteiger charge is 2.21. The summed E-state index contributed by atoms with van der Waals surface area (Å²) in [5.74, 6) is -0.123. The molecule has 0 saturated heterocycles. The monoisotopic (exact) mass is 261 g/mol. The Kier molecular flexibility index (Phi) is 3.80. The molecule has 0 saturated carbocycles. The Morgan fingerprint density at radius 2 is 2.21 bits per heavy atom. The molecule has 0 radical (unpaired) electrons. The van der Waals surface area contributed by atoms with Crippen molar-refractivity contribution in [1.29, 1.82) is 0 Å². The van der Waals surface area contributed by atoms with Gasteiger partial charge in [0.1, 0.15) is 0 Å². The summed E-state index contributed by atoms with van der Waals surface area (Å²) in [4.78, 5) is 14.0. The Morgan fingerprint density at radius 3 is 2.89 bits per heavy atom. The number of hydrogen-bond acceptors (Lipinski definition) is 3. The predicted molar refractivity (Wildman–Crippen MR) is 78.1 cm³/mol. The lowest BCUT2D eigenvalue weighted by molar-refractivity contribution is -0.125. The van der Waals surface area contributed by atoms with Gasteiger partial charge < -0.3 is 16.0 Å². The number of amides is 1. The van der Waals surface area contributed by atoms with E-state index in [0.717, 1.165) is 18.5 Å². The second-order valence-corrected chi connectivity index (χ2v) is 5.89. The average Bonchev–Trinajstić information content (AvgIpc) is 2.35. The van der Waals surface area contributed by atoms with E-state index in [9.17, 15) is 4.79 Å². The molecule has 19 heavy (non-hydrogen) atoms. The fourth-order valence-corrected chi connectivity index (χ4v) is 2.36. The minimum Gasteiger partial charge on any atom is -0.374 e. The van der Waals surface area contributed by atoms with E-state index in [2.05, 4.69) is 35.5 Å². The number of nitrogens with two attached hydrogens (primary N) is 1. The molecular formula is C15H23N3O. The molecule has 3 N–H and O–H groups in total. The van der Waals surface area contributed by atoms with Crippen molar-refractivity contribution in [3.05, 3.63) is 29.3 Å². The molecule has 0 aromatic heterocycles. The van der Waals surface area contributed by atoms with Crippen LogP contribution in [0, 0.1) is 0 Å². The van der Waals surface area contributed by atoms with Gasteiger partial charge >= 0.3 is 0 Å². The third-order valence-electron chi connectivity index (χ3n) is 3.53. The summed E-state index contributed by atoms with van der Waals surface area (Å²) in [6.45, 7) is 5.08. The molecule has 104 valence electrons. The summed E-state index contributed by atoms with van der Waals surface area (Å²) in [5, 5.41) is 2.88. The van der Waals surface area contributed by atoms with Crippen molar-refractivity contribution in [3.63, 3.8) is 0 Å². The topological polar surface area (TPSA) is 58.4 Å². The van der Waals surface area contributed by atoms with Crippen LogP contribution < -0.4 is 16.0 Å². The fraction of sp³-hybridized carbons (Fsp3) is 0.533. The number of fused-ring (bicyclic) bond motifs is 1. The first-order chi connectivity index (χ1) is 8.88. The van der Waals surface area contributed by atoms with Gasteiger partial charge in [-0.05, 0) is 43.9 Å². The second kappa shape index (κ2) is 5.21. The lowest BCUT2D eigenvalue weighted by atomic mass is 9.99. The van der Waals surface area contributed by atoms with Crippen LogP contribution in [-0.4, -0.2) is 25.0 Å². The minimum absolute atomic E-state index is 0.123.